The van der Waals surface area contributed by atoms with Crippen molar-refractivity contribution >= 4 is 10.0 Å². The molecule has 4 rings (SSSR count). The van der Waals surface area contributed by atoms with Gasteiger partial charge in [0.15, 0.2) is 0 Å². The van der Waals surface area contributed by atoms with E-state index in [0.717, 1.165) is 16.7 Å². The van der Waals surface area contributed by atoms with Crippen LogP contribution >= 0.6 is 0 Å². The minimum absolute atomic E-state index is 0.167. The van der Waals surface area contributed by atoms with E-state index in [0.29, 0.717) is 31.1 Å². The molecule has 0 bridgehead atoms. The Morgan fingerprint density at radius 3 is 2.40 bits per heavy atom. The van der Waals surface area contributed by atoms with Gasteiger partial charge in [-0.2, -0.15) is 4.31 Å². The summed E-state index contributed by atoms with van der Waals surface area (Å²) in [4.78, 5) is 0.303. The van der Waals surface area contributed by atoms with Crippen molar-refractivity contribution in [3.8, 4) is 0 Å². The normalized spacial score (nSPS) is 20.4. The molecule has 0 atom stereocenters. The van der Waals surface area contributed by atoms with Crippen LogP contribution in [0.5, 0.6) is 0 Å². The van der Waals surface area contributed by atoms with Crippen molar-refractivity contribution < 1.29 is 17.9 Å². The maximum absolute atomic E-state index is 13.2. The van der Waals surface area contributed by atoms with Gasteiger partial charge in [-0.15, -0.1) is 0 Å². The number of aryl methyl sites for hydroxylation is 1. The van der Waals surface area contributed by atoms with E-state index in [9.17, 15) is 8.42 Å². The molecule has 0 aromatic heterocycles. The zero-order chi connectivity index (χ0) is 17.5. The highest BCUT2D eigenvalue weighted by molar-refractivity contribution is 7.89. The molecule has 1 fully saturated rings. The maximum atomic E-state index is 13.2. The Morgan fingerprint density at radius 2 is 1.68 bits per heavy atom. The van der Waals surface area contributed by atoms with E-state index in [4.69, 9.17) is 9.47 Å². The Bertz CT molecular complexity index is 871. The number of rotatable bonds is 2. The van der Waals surface area contributed by atoms with Gasteiger partial charge in [0.05, 0.1) is 24.7 Å². The fraction of sp³-hybridized carbons (Fsp3) is 0.368. The second kappa shape index (κ2) is 6.21. The van der Waals surface area contributed by atoms with Crippen LogP contribution in [0.1, 0.15) is 16.7 Å². The summed E-state index contributed by atoms with van der Waals surface area (Å²) in [6.07, 6.45) is 0.635. The quantitative estimate of drug-likeness (QED) is 0.826. The van der Waals surface area contributed by atoms with Gasteiger partial charge in [0.25, 0.3) is 0 Å². The third kappa shape index (κ3) is 2.89. The number of nitrogens with zero attached hydrogens (tertiary/aromatic N) is 1. The first-order valence-electron chi connectivity index (χ1n) is 8.44. The highest BCUT2D eigenvalue weighted by Crippen LogP contribution is 2.38. The number of benzene rings is 2. The molecule has 2 aromatic rings. The van der Waals surface area contributed by atoms with Gasteiger partial charge < -0.3 is 9.47 Å². The first-order valence-corrected chi connectivity index (χ1v) is 9.88. The van der Waals surface area contributed by atoms with Crippen molar-refractivity contribution in [3.63, 3.8) is 0 Å². The van der Waals surface area contributed by atoms with E-state index < -0.39 is 15.8 Å². The number of sulfonamides is 1. The molecule has 1 saturated heterocycles. The van der Waals surface area contributed by atoms with E-state index in [2.05, 4.69) is 0 Å². The molecule has 2 heterocycles. The minimum Gasteiger partial charge on any atom is -0.342 e. The van der Waals surface area contributed by atoms with Gasteiger partial charge in [-0.3, -0.25) is 0 Å². The number of hydrogen-bond donors (Lipinski definition) is 0. The molecule has 0 aliphatic carbocycles. The van der Waals surface area contributed by atoms with Crippen molar-refractivity contribution in [3.05, 3.63) is 65.2 Å². The van der Waals surface area contributed by atoms with E-state index in [1.54, 1.807) is 12.1 Å². The monoisotopic (exact) mass is 359 g/mol. The molecule has 5 nitrogen and oxygen atoms in total. The zero-order valence-electron chi connectivity index (χ0n) is 14.1. The third-order valence-corrected chi connectivity index (χ3v) is 6.71. The van der Waals surface area contributed by atoms with Crippen molar-refractivity contribution in [1.29, 1.82) is 0 Å². The molecule has 2 aromatic carbocycles. The number of ether oxygens (including phenoxy) is 2. The highest BCUT2D eigenvalue weighted by Gasteiger charge is 2.46. The summed E-state index contributed by atoms with van der Waals surface area (Å²) < 4.78 is 39.7. The standard InChI is InChI=1S/C19H21NO4S/c1-15-6-8-17(9-7-15)25(21,22)20-11-10-16-4-2-3-5-18(16)19(14-20)23-12-13-24-19/h2-9H,10-14H2,1H3. The second-order valence-electron chi connectivity index (χ2n) is 6.51. The summed E-state index contributed by atoms with van der Waals surface area (Å²) in [6, 6.07) is 14.8. The SMILES string of the molecule is Cc1ccc(S(=O)(=O)N2CCc3ccccc3C3(C2)OCCO3)cc1. The van der Waals surface area contributed by atoms with Gasteiger partial charge in [-0.05, 0) is 31.0 Å². The summed E-state index contributed by atoms with van der Waals surface area (Å²) in [5.74, 6) is -1.01. The van der Waals surface area contributed by atoms with Gasteiger partial charge in [-0.1, -0.05) is 42.0 Å². The van der Waals surface area contributed by atoms with Gasteiger partial charge in [-0.25, -0.2) is 8.42 Å². The number of hydrogen-bond acceptors (Lipinski definition) is 4. The molecular weight excluding hydrogens is 338 g/mol. The predicted octanol–water partition coefficient (Wildman–Crippen LogP) is 2.44. The zero-order valence-corrected chi connectivity index (χ0v) is 15.0. The molecule has 132 valence electrons. The Labute approximate surface area is 148 Å². The Hall–Kier alpha value is -1.73. The highest BCUT2D eigenvalue weighted by atomic mass is 32.2. The van der Waals surface area contributed by atoms with Crippen LogP contribution in [0.15, 0.2) is 53.4 Å². The lowest BCUT2D eigenvalue weighted by Crippen LogP contribution is -2.43. The number of fused-ring (bicyclic) bond motifs is 2. The molecular formula is C19H21NO4S. The van der Waals surface area contributed by atoms with Crippen molar-refractivity contribution in [1.82, 2.24) is 4.31 Å². The van der Waals surface area contributed by atoms with Crippen molar-refractivity contribution in [2.24, 2.45) is 0 Å². The van der Waals surface area contributed by atoms with E-state index in [1.165, 1.54) is 4.31 Å². The summed E-state index contributed by atoms with van der Waals surface area (Å²) in [6.45, 7) is 3.44. The van der Waals surface area contributed by atoms with Crippen LogP contribution in [-0.4, -0.2) is 39.0 Å². The van der Waals surface area contributed by atoms with Crippen LogP contribution in [0.2, 0.25) is 0 Å². The first-order chi connectivity index (χ1) is 12.0. The molecule has 0 radical (unpaired) electrons. The van der Waals surface area contributed by atoms with Gasteiger partial charge in [0, 0.05) is 12.1 Å². The average molecular weight is 359 g/mol. The maximum Gasteiger partial charge on any atom is 0.243 e. The molecule has 2 aliphatic heterocycles. The van der Waals surface area contributed by atoms with E-state index in [1.807, 2.05) is 43.3 Å². The molecule has 6 heteroatoms. The average Bonchev–Trinajstić information content (AvgIpc) is 3.01. The lowest BCUT2D eigenvalue weighted by atomic mass is 9.99. The van der Waals surface area contributed by atoms with Gasteiger partial charge in [0.1, 0.15) is 0 Å². The summed E-state index contributed by atoms with van der Waals surface area (Å²) in [5, 5.41) is 0. The molecule has 0 saturated carbocycles. The van der Waals surface area contributed by atoms with Crippen molar-refractivity contribution in [2.75, 3.05) is 26.3 Å². The van der Waals surface area contributed by atoms with Crippen molar-refractivity contribution in [2.45, 2.75) is 24.0 Å². The lowest BCUT2D eigenvalue weighted by Gasteiger charge is -2.31. The molecule has 25 heavy (non-hydrogen) atoms. The minimum atomic E-state index is -3.61. The van der Waals surface area contributed by atoms with E-state index >= 15 is 0 Å². The summed E-state index contributed by atoms with van der Waals surface area (Å²) >= 11 is 0. The largest absolute Gasteiger partial charge is 0.342 e. The van der Waals surface area contributed by atoms with Crippen LogP contribution in [0.3, 0.4) is 0 Å². The molecule has 0 unspecified atom stereocenters. The van der Waals surface area contributed by atoms with Crippen LogP contribution in [0, 0.1) is 6.92 Å². The van der Waals surface area contributed by atoms with Crippen LogP contribution in [0.25, 0.3) is 0 Å². The van der Waals surface area contributed by atoms with E-state index in [-0.39, 0.29) is 6.54 Å². The van der Waals surface area contributed by atoms with Gasteiger partial charge in [0.2, 0.25) is 15.8 Å². The van der Waals surface area contributed by atoms with Crippen LogP contribution in [-0.2, 0) is 31.7 Å². The topological polar surface area (TPSA) is 55.8 Å². The van der Waals surface area contributed by atoms with Crippen LogP contribution < -0.4 is 0 Å². The lowest BCUT2D eigenvalue weighted by molar-refractivity contribution is -0.169. The molecule has 1 spiro atoms. The fourth-order valence-corrected chi connectivity index (χ4v) is 4.97. The smallest absolute Gasteiger partial charge is 0.243 e. The second-order valence-corrected chi connectivity index (χ2v) is 8.45. The molecule has 0 amide bonds. The Balaban J connectivity index is 1.74. The Morgan fingerprint density at radius 1 is 1.00 bits per heavy atom. The fourth-order valence-electron chi connectivity index (χ4n) is 3.52. The first kappa shape index (κ1) is 16.7. The Kier molecular flexibility index (Phi) is 4.16. The third-order valence-electron chi connectivity index (χ3n) is 4.86. The van der Waals surface area contributed by atoms with Gasteiger partial charge >= 0.3 is 0 Å². The summed E-state index contributed by atoms with van der Waals surface area (Å²) in [5.41, 5.74) is 3.04. The summed E-state index contributed by atoms with van der Waals surface area (Å²) in [7, 11) is -3.61. The molecule has 2 aliphatic rings. The predicted molar refractivity (Wildman–Crippen MR) is 93.7 cm³/mol. The van der Waals surface area contributed by atoms with Crippen LogP contribution in [0.4, 0.5) is 0 Å². The molecule has 0 N–H and O–H groups in total.